The van der Waals surface area contributed by atoms with Crippen molar-refractivity contribution in [2.75, 3.05) is 19.7 Å². The van der Waals surface area contributed by atoms with E-state index in [1.165, 1.54) is 4.90 Å². The van der Waals surface area contributed by atoms with Gasteiger partial charge in [0.05, 0.1) is 18.5 Å². The van der Waals surface area contributed by atoms with Gasteiger partial charge >= 0.3 is 5.97 Å². The van der Waals surface area contributed by atoms with Crippen molar-refractivity contribution in [2.24, 2.45) is 5.92 Å². The average molecular weight is 345 g/mol. The van der Waals surface area contributed by atoms with E-state index in [-0.39, 0.29) is 24.7 Å². The molecule has 2 aromatic rings. The van der Waals surface area contributed by atoms with Gasteiger partial charge in [-0.15, -0.1) is 0 Å². The number of ether oxygens (including phenoxy) is 1. The van der Waals surface area contributed by atoms with Crippen LogP contribution in [0.1, 0.15) is 31.3 Å². The van der Waals surface area contributed by atoms with Crippen molar-refractivity contribution >= 4 is 11.9 Å². The Bertz CT molecular complexity index is 725. The highest BCUT2D eigenvalue weighted by Gasteiger charge is 2.25. The molecule has 0 saturated carbocycles. The first-order valence-electron chi connectivity index (χ1n) is 8.21. The van der Waals surface area contributed by atoms with Gasteiger partial charge in [-0.25, -0.2) is 4.68 Å². The normalized spacial score (nSPS) is 10.7. The van der Waals surface area contributed by atoms with Crippen LogP contribution in [0.4, 0.5) is 0 Å². The molecule has 0 unspecified atom stereocenters. The minimum Gasteiger partial charge on any atom is -0.489 e. The summed E-state index contributed by atoms with van der Waals surface area (Å²) in [7, 11) is 0. The van der Waals surface area contributed by atoms with Gasteiger partial charge in [-0.1, -0.05) is 32.0 Å². The molecule has 1 heterocycles. The summed E-state index contributed by atoms with van der Waals surface area (Å²) in [5.74, 6) is -0.892. The molecule has 7 heteroatoms. The van der Waals surface area contributed by atoms with Gasteiger partial charge in [0, 0.05) is 6.54 Å². The lowest BCUT2D eigenvalue weighted by atomic mass is 10.2. The zero-order valence-corrected chi connectivity index (χ0v) is 14.7. The number of rotatable bonds is 8. The fourth-order valence-electron chi connectivity index (χ4n) is 2.22. The van der Waals surface area contributed by atoms with Crippen LogP contribution in [0.5, 0.6) is 5.75 Å². The van der Waals surface area contributed by atoms with Crippen LogP contribution < -0.4 is 4.74 Å². The second-order valence-electron chi connectivity index (χ2n) is 6.04. The summed E-state index contributed by atoms with van der Waals surface area (Å²) < 4.78 is 7.31. The molecule has 0 atom stereocenters. The molecule has 1 aromatic heterocycles. The molecule has 0 aliphatic carbocycles. The molecular formula is C18H23N3O4. The highest BCUT2D eigenvalue weighted by molar-refractivity contribution is 5.96. The number of aliphatic carboxylic acids is 1. The van der Waals surface area contributed by atoms with E-state index in [9.17, 15) is 9.59 Å². The second-order valence-corrected chi connectivity index (χ2v) is 6.04. The molecule has 2 rings (SSSR count). The Balaban J connectivity index is 2.37. The third-order valence-corrected chi connectivity index (χ3v) is 3.47. The van der Waals surface area contributed by atoms with Crippen LogP contribution >= 0.6 is 0 Å². The number of hydrogen-bond donors (Lipinski definition) is 1. The Kier molecular flexibility index (Phi) is 6.16. The largest absolute Gasteiger partial charge is 0.489 e. The topological polar surface area (TPSA) is 84.7 Å². The number of para-hydroxylation sites is 1. The van der Waals surface area contributed by atoms with Crippen LogP contribution in [0.25, 0.3) is 5.69 Å². The molecule has 0 bridgehead atoms. The van der Waals surface area contributed by atoms with Crippen LogP contribution in [-0.4, -0.2) is 51.4 Å². The monoisotopic (exact) mass is 345 g/mol. The van der Waals surface area contributed by atoms with Crippen LogP contribution in [-0.2, 0) is 4.79 Å². The first kappa shape index (κ1) is 18.5. The quantitative estimate of drug-likeness (QED) is 0.794. The molecule has 134 valence electrons. The molecule has 0 aliphatic heterocycles. The van der Waals surface area contributed by atoms with Crippen molar-refractivity contribution in [3.8, 4) is 11.4 Å². The van der Waals surface area contributed by atoms with Crippen molar-refractivity contribution in [2.45, 2.75) is 20.8 Å². The van der Waals surface area contributed by atoms with Gasteiger partial charge in [0.1, 0.15) is 6.54 Å². The number of carbonyl (C=O) groups is 2. The smallest absolute Gasteiger partial charge is 0.323 e. The predicted molar refractivity (Wildman–Crippen MR) is 93.1 cm³/mol. The maximum atomic E-state index is 12.7. The van der Waals surface area contributed by atoms with Gasteiger partial charge < -0.3 is 14.7 Å². The molecule has 25 heavy (non-hydrogen) atoms. The van der Waals surface area contributed by atoms with Gasteiger partial charge in [0.15, 0.2) is 11.4 Å². The van der Waals surface area contributed by atoms with E-state index in [0.29, 0.717) is 12.4 Å². The van der Waals surface area contributed by atoms with Crippen molar-refractivity contribution in [1.82, 2.24) is 14.7 Å². The SMILES string of the molecule is CCN(CC(=O)O)C(=O)c1nn(-c2ccccc2)cc1OCC(C)C. The standard InChI is InChI=1S/C18H23N3O4/c1-4-20(11-16(22)23)18(24)17-15(25-12-13(2)3)10-21(19-17)14-8-6-5-7-9-14/h5-10,13H,4,11-12H2,1-3H3,(H,22,23). The molecule has 0 saturated heterocycles. The predicted octanol–water partition coefficient (Wildman–Crippen LogP) is 2.45. The summed E-state index contributed by atoms with van der Waals surface area (Å²) in [6.45, 7) is 6.07. The van der Waals surface area contributed by atoms with Crippen LogP contribution in [0.3, 0.4) is 0 Å². The Hall–Kier alpha value is -2.83. The Labute approximate surface area is 146 Å². The molecular weight excluding hydrogens is 322 g/mol. The van der Waals surface area contributed by atoms with Gasteiger partial charge in [-0.3, -0.25) is 9.59 Å². The molecule has 1 aromatic carbocycles. The van der Waals surface area contributed by atoms with Gasteiger partial charge in [-0.2, -0.15) is 5.10 Å². The zero-order chi connectivity index (χ0) is 18.4. The fourth-order valence-corrected chi connectivity index (χ4v) is 2.22. The number of aromatic nitrogens is 2. The van der Waals surface area contributed by atoms with Gasteiger partial charge in [0.2, 0.25) is 0 Å². The lowest BCUT2D eigenvalue weighted by Crippen LogP contribution is -2.36. The molecule has 0 aliphatic rings. The summed E-state index contributed by atoms with van der Waals surface area (Å²) in [5, 5.41) is 13.3. The van der Waals surface area contributed by atoms with E-state index in [4.69, 9.17) is 9.84 Å². The summed E-state index contributed by atoms with van der Waals surface area (Å²) in [6.07, 6.45) is 1.65. The highest BCUT2D eigenvalue weighted by Crippen LogP contribution is 2.22. The number of amides is 1. The molecule has 0 spiro atoms. The molecule has 0 fully saturated rings. The number of carboxylic acids is 1. The third kappa shape index (κ3) is 4.82. The zero-order valence-electron chi connectivity index (χ0n) is 14.7. The summed E-state index contributed by atoms with van der Waals surface area (Å²) in [6, 6.07) is 9.36. The summed E-state index contributed by atoms with van der Waals surface area (Å²) >= 11 is 0. The Morgan fingerprint density at radius 2 is 1.96 bits per heavy atom. The number of nitrogens with zero attached hydrogens (tertiary/aromatic N) is 3. The number of carbonyl (C=O) groups excluding carboxylic acids is 1. The van der Waals surface area contributed by atoms with E-state index >= 15 is 0 Å². The maximum absolute atomic E-state index is 12.7. The number of hydrogen-bond acceptors (Lipinski definition) is 4. The van der Waals surface area contributed by atoms with Crippen molar-refractivity contribution in [1.29, 1.82) is 0 Å². The number of likely N-dealkylation sites (N-methyl/N-ethyl adjacent to an activating group) is 1. The van der Waals surface area contributed by atoms with E-state index in [2.05, 4.69) is 5.10 Å². The Morgan fingerprint density at radius 1 is 1.28 bits per heavy atom. The fraction of sp³-hybridized carbons (Fsp3) is 0.389. The van der Waals surface area contributed by atoms with Crippen molar-refractivity contribution in [3.63, 3.8) is 0 Å². The van der Waals surface area contributed by atoms with E-state index in [1.807, 2.05) is 44.2 Å². The summed E-state index contributed by atoms with van der Waals surface area (Å²) in [4.78, 5) is 24.9. The van der Waals surface area contributed by atoms with E-state index in [1.54, 1.807) is 17.8 Å². The van der Waals surface area contributed by atoms with Gasteiger partial charge in [0.25, 0.3) is 5.91 Å². The minimum absolute atomic E-state index is 0.118. The maximum Gasteiger partial charge on any atom is 0.323 e. The molecule has 1 amide bonds. The minimum atomic E-state index is -1.07. The molecule has 0 radical (unpaired) electrons. The van der Waals surface area contributed by atoms with E-state index < -0.39 is 11.9 Å². The summed E-state index contributed by atoms with van der Waals surface area (Å²) in [5.41, 5.74) is 0.907. The molecule has 7 nitrogen and oxygen atoms in total. The highest BCUT2D eigenvalue weighted by atomic mass is 16.5. The Morgan fingerprint density at radius 3 is 2.52 bits per heavy atom. The van der Waals surface area contributed by atoms with Crippen molar-refractivity contribution in [3.05, 3.63) is 42.2 Å². The lowest BCUT2D eigenvalue weighted by molar-refractivity contribution is -0.137. The first-order chi connectivity index (χ1) is 11.9. The van der Waals surface area contributed by atoms with Crippen LogP contribution in [0, 0.1) is 5.92 Å². The van der Waals surface area contributed by atoms with Crippen LogP contribution in [0.2, 0.25) is 0 Å². The second kappa shape index (κ2) is 8.32. The van der Waals surface area contributed by atoms with Crippen molar-refractivity contribution < 1.29 is 19.4 Å². The molecule has 1 N–H and O–H groups in total. The van der Waals surface area contributed by atoms with Gasteiger partial charge in [-0.05, 0) is 25.0 Å². The first-order valence-corrected chi connectivity index (χ1v) is 8.21. The van der Waals surface area contributed by atoms with E-state index in [0.717, 1.165) is 5.69 Å². The lowest BCUT2D eigenvalue weighted by Gasteiger charge is -2.18. The average Bonchev–Trinajstić information content (AvgIpc) is 3.02. The number of benzene rings is 1. The third-order valence-electron chi connectivity index (χ3n) is 3.47. The number of carboxylic acid groups (broad SMARTS) is 1. The van der Waals surface area contributed by atoms with Crippen LogP contribution in [0.15, 0.2) is 36.5 Å².